The Kier molecular flexibility index (Phi) is 7.31. The van der Waals surface area contributed by atoms with Gasteiger partial charge < -0.3 is 24.6 Å². The van der Waals surface area contributed by atoms with Crippen LogP contribution in [0.25, 0.3) is 0 Å². The highest BCUT2D eigenvalue weighted by Gasteiger charge is 2.32. The van der Waals surface area contributed by atoms with Gasteiger partial charge >= 0.3 is 6.09 Å². The number of aromatic nitrogens is 3. The largest absolute Gasteiger partial charge is 0.474 e. The van der Waals surface area contributed by atoms with Gasteiger partial charge in [-0.3, -0.25) is 4.90 Å². The number of nitrogens with one attached hydrogen (secondary N) is 1. The molecule has 3 aromatic rings. The van der Waals surface area contributed by atoms with Crippen molar-refractivity contribution in [2.24, 2.45) is 0 Å². The van der Waals surface area contributed by atoms with Gasteiger partial charge in [0.25, 0.3) is 0 Å². The third-order valence-corrected chi connectivity index (χ3v) is 6.68. The van der Waals surface area contributed by atoms with Crippen LogP contribution in [0.15, 0.2) is 36.7 Å². The molecule has 0 radical (unpaired) electrons. The zero-order chi connectivity index (χ0) is 27.7. The minimum Gasteiger partial charge on any atom is -0.474 e. The molecule has 0 unspecified atom stereocenters. The van der Waals surface area contributed by atoms with Gasteiger partial charge in [0.2, 0.25) is 11.8 Å². The fourth-order valence-electron chi connectivity index (χ4n) is 4.90. The Morgan fingerprint density at radius 3 is 2.62 bits per heavy atom. The van der Waals surface area contributed by atoms with Crippen LogP contribution in [0.2, 0.25) is 0 Å². The maximum Gasteiger partial charge on any atom is 0.415 e. The molecule has 10 heteroatoms. The molecule has 1 amide bonds. The van der Waals surface area contributed by atoms with Crippen LogP contribution in [0.5, 0.6) is 5.88 Å². The molecule has 5 rings (SSSR count). The Hall–Kier alpha value is -3.92. The van der Waals surface area contributed by atoms with Gasteiger partial charge in [0.1, 0.15) is 17.9 Å². The summed E-state index contributed by atoms with van der Waals surface area (Å²) in [6.07, 6.45) is 4.17. The number of hydrogen-bond acceptors (Lipinski definition) is 9. The molecule has 2 aliphatic rings. The topological polar surface area (TPSA) is 96.0 Å². The smallest absolute Gasteiger partial charge is 0.415 e. The van der Waals surface area contributed by atoms with Crippen LogP contribution in [-0.2, 0) is 24.2 Å². The van der Waals surface area contributed by atoms with E-state index in [1.54, 1.807) is 4.90 Å². The fraction of sp³-hybridized carbons (Fsp3) is 0.448. The Balaban J connectivity index is 1.36. The Morgan fingerprint density at radius 2 is 1.90 bits per heavy atom. The molecule has 1 aromatic carbocycles. The summed E-state index contributed by atoms with van der Waals surface area (Å²) in [5, 5.41) is 3.34. The van der Waals surface area contributed by atoms with Gasteiger partial charge in [-0.05, 0) is 71.5 Å². The van der Waals surface area contributed by atoms with Gasteiger partial charge in [-0.25, -0.2) is 19.7 Å². The third kappa shape index (κ3) is 6.06. The Labute approximate surface area is 230 Å². The summed E-state index contributed by atoms with van der Waals surface area (Å²) < 4.78 is 11.5. The number of anilines is 4. The van der Waals surface area contributed by atoms with Crippen LogP contribution in [0.4, 0.5) is 27.8 Å². The lowest BCUT2D eigenvalue weighted by Crippen LogP contribution is -2.42. The molecule has 39 heavy (non-hydrogen) atoms. The number of fused-ring (bicyclic) bond motifs is 2. The number of nitrogens with zero attached hydrogens (tertiary/aromatic N) is 6. The second-order valence-corrected chi connectivity index (χ2v) is 11.3. The Bertz CT molecular complexity index is 1350. The van der Waals surface area contributed by atoms with E-state index in [-0.39, 0.29) is 0 Å². The molecule has 0 atom stereocenters. The van der Waals surface area contributed by atoms with E-state index in [1.165, 1.54) is 5.56 Å². The molecule has 0 fully saturated rings. The molecule has 0 bridgehead atoms. The number of benzene rings is 1. The van der Waals surface area contributed by atoms with Gasteiger partial charge in [-0.15, -0.1) is 0 Å². The van der Waals surface area contributed by atoms with E-state index in [9.17, 15) is 4.79 Å². The molecule has 1 N–H and O–H groups in total. The number of carbonyl (C=O) groups is 1. The van der Waals surface area contributed by atoms with Crippen molar-refractivity contribution in [1.82, 2.24) is 19.9 Å². The highest BCUT2D eigenvalue weighted by Crippen LogP contribution is 2.39. The van der Waals surface area contributed by atoms with E-state index >= 15 is 0 Å². The SMILES string of the molecule is Cc1c(N2CCc3cnc(Nc4ccc(CN(C)C)cc4)nc3C2)cnc2c1N(C(=O)OC(C)(C)C)CCO2. The van der Waals surface area contributed by atoms with Crippen LogP contribution >= 0.6 is 0 Å². The van der Waals surface area contributed by atoms with Gasteiger partial charge in [-0.1, -0.05) is 12.1 Å². The molecule has 2 aliphatic heterocycles. The van der Waals surface area contributed by atoms with E-state index in [1.807, 2.05) is 40.1 Å². The number of pyridine rings is 1. The van der Waals surface area contributed by atoms with Crippen LogP contribution in [0.3, 0.4) is 0 Å². The monoisotopic (exact) mass is 531 g/mol. The zero-order valence-electron chi connectivity index (χ0n) is 23.6. The predicted octanol–water partition coefficient (Wildman–Crippen LogP) is 4.68. The second kappa shape index (κ2) is 10.7. The maximum absolute atomic E-state index is 13.0. The lowest BCUT2D eigenvalue weighted by atomic mass is 10.0. The standard InChI is InChI=1S/C29H37N7O3/c1-19-24(16-30-26-25(19)36(13-14-38-26)28(37)39-29(2,3)4)35-12-11-21-15-31-27(33-23(21)18-35)32-22-9-7-20(8-10-22)17-34(5)6/h7-10,15-16H,11-14,17-18H2,1-6H3,(H,31,32,33). The summed E-state index contributed by atoms with van der Waals surface area (Å²) in [5.41, 5.74) is 6.26. The number of rotatable bonds is 5. The second-order valence-electron chi connectivity index (χ2n) is 11.3. The van der Waals surface area contributed by atoms with Gasteiger partial charge in [0.15, 0.2) is 0 Å². The summed E-state index contributed by atoms with van der Waals surface area (Å²) in [6, 6.07) is 8.32. The van der Waals surface area contributed by atoms with Crippen molar-refractivity contribution in [2.75, 3.05) is 48.9 Å². The Morgan fingerprint density at radius 1 is 1.13 bits per heavy atom. The first-order chi connectivity index (χ1) is 18.6. The van der Waals surface area contributed by atoms with E-state index in [0.29, 0.717) is 37.2 Å². The van der Waals surface area contributed by atoms with Crippen molar-refractivity contribution in [3.05, 3.63) is 59.0 Å². The summed E-state index contributed by atoms with van der Waals surface area (Å²) in [6.45, 7) is 10.7. The molecular weight excluding hydrogens is 494 g/mol. The minimum atomic E-state index is -0.592. The van der Waals surface area contributed by atoms with E-state index in [4.69, 9.17) is 14.5 Å². The number of ether oxygens (including phenoxy) is 2. The molecule has 0 saturated carbocycles. The van der Waals surface area contributed by atoms with Crippen LogP contribution in [0.1, 0.15) is 43.2 Å². The van der Waals surface area contributed by atoms with Crippen molar-refractivity contribution in [1.29, 1.82) is 0 Å². The number of amides is 1. The van der Waals surface area contributed by atoms with E-state index in [0.717, 1.165) is 47.7 Å². The first-order valence-corrected chi connectivity index (χ1v) is 13.3. The van der Waals surface area contributed by atoms with E-state index < -0.39 is 11.7 Å². The summed E-state index contributed by atoms with van der Waals surface area (Å²) in [4.78, 5) is 33.0. The molecule has 0 aliphatic carbocycles. The van der Waals surface area contributed by atoms with Crippen molar-refractivity contribution >= 4 is 29.1 Å². The molecule has 2 aromatic heterocycles. The minimum absolute atomic E-state index is 0.375. The fourth-order valence-corrected chi connectivity index (χ4v) is 4.90. The van der Waals surface area contributed by atoms with Crippen LogP contribution < -0.4 is 19.9 Å². The third-order valence-electron chi connectivity index (χ3n) is 6.68. The average molecular weight is 532 g/mol. The van der Waals surface area contributed by atoms with Gasteiger partial charge in [0.05, 0.1) is 30.7 Å². The summed E-state index contributed by atoms with van der Waals surface area (Å²) >= 11 is 0. The molecule has 0 saturated heterocycles. The molecule has 4 heterocycles. The molecule has 0 spiro atoms. The average Bonchev–Trinajstić information content (AvgIpc) is 2.88. The van der Waals surface area contributed by atoms with Crippen molar-refractivity contribution in [3.63, 3.8) is 0 Å². The summed E-state index contributed by atoms with van der Waals surface area (Å²) in [7, 11) is 4.12. The van der Waals surface area contributed by atoms with Gasteiger partial charge in [-0.2, -0.15) is 0 Å². The van der Waals surface area contributed by atoms with Crippen molar-refractivity contribution in [3.8, 4) is 5.88 Å². The quantitative estimate of drug-likeness (QED) is 0.503. The van der Waals surface area contributed by atoms with Gasteiger partial charge in [0, 0.05) is 30.5 Å². The zero-order valence-corrected chi connectivity index (χ0v) is 23.6. The highest BCUT2D eigenvalue weighted by atomic mass is 16.6. The van der Waals surface area contributed by atoms with E-state index in [2.05, 4.69) is 63.4 Å². The van der Waals surface area contributed by atoms with Crippen molar-refractivity contribution < 1.29 is 14.3 Å². The highest BCUT2D eigenvalue weighted by molar-refractivity contribution is 5.92. The maximum atomic E-state index is 13.0. The first-order valence-electron chi connectivity index (χ1n) is 13.3. The van der Waals surface area contributed by atoms with Crippen LogP contribution in [-0.4, -0.2) is 65.3 Å². The number of carbonyl (C=O) groups excluding carboxylic acids is 1. The van der Waals surface area contributed by atoms with Crippen LogP contribution in [0, 0.1) is 6.92 Å². The lowest BCUT2D eigenvalue weighted by Gasteiger charge is -2.35. The summed E-state index contributed by atoms with van der Waals surface area (Å²) in [5.74, 6) is 1.02. The lowest BCUT2D eigenvalue weighted by molar-refractivity contribution is 0.0566. The predicted molar refractivity (Wildman–Crippen MR) is 152 cm³/mol. The normalized spacial score (nSPS) is 14.9. The molecule has 10 nitrogen and oxygen atoms in total. The number of hydrogen-bond donors (Lipinski definition) is 1. The van der Waals surface area contributed by atoms with Crippen molar-refractivity contribution in [2.45, 2.75) is 52.8 Å². The molecular formula is C29H37N7O3. The first kappa shape index (κ1) is 26.7. The molecule has 206 valence electrons.